The smallest absolute Gasteiger partial charge is 0.273 e. The highest BCUT2D eigenvalue weighted by atomic mass is 35.5. The lowest BCUT2D eigenvalue weighted by molar-refractivity contribution is -0.122. The van der Waals surface area contributed by atoms with Gasteiger partial charge in [0.1, 0.15) is 11.4 Å². The summed E-state index contributed by atoms with van der Waals surface area (Å²) >= 11 is 5.96. The first-order valence-corrected chi connectivity index (χ1v) is 9.79. The van der Waals surface area contributed by atoms with Crippen molar-refractivity contribution in [2.45, 2.75) is 6.42 Å². The number of barbiturate groups is 1. The lowest BCUT2D eigenvalue weighted by Gasteiger charge is -2.26. The van der Waals surface area contributed by atoms with Crippen LogP contribution in [-0.2, 0) is 16.0 Å². The third-order valence-corrected chi connectivity index (χ3v) is 4.99. The Morgan fingerprint density at radius 2 is 1.65 bits per heavy atom. The molecule has 1 saturated heterocycles. The number of carbonyl (C=O) groups is 3. The predicted octanol–water partition coefficient (Wildman–Crippen LogP) is 4.74. The summed E-state index contributed by atoms with van der Waals surface area (Å²) in [6.07, 6.45) is 1.97. The number of carbonyl (C=O) groups excluding carboxylic acids is 3. The van der Waals surface area contributed by atoms with Crippen molar-refractivity contribution in [3.63, 3.8) is 0 Å². The molecule has 5 nitrogen and oxygen atoms in total. The third kappa shape index (κ3) is 4.54. The van der Waals surface area contributed by atoms with Gasteiger partial charge in [-0.3, -0.25) is 14.9 Å². The number of anilines is 1. The Labute approximate surface area is 182 Å². The number of halogens is 2. The maximum absolute atomic E-state index is 13.4. The van der Waals surface area contributed by atoms with Crippen LogP contribution < -0.4 is 10.2 Å². The van der Waals surface area contributed by atoms with E-state index in [1.807, 2.05) is 18.2 Å². The van der Waals surface area contributed by atoms with E-state index in [-0.39, 0.29) is 17.1 Å². The van der Waals surface area contributed by atoms with E-state index in [1.165, 1.54) is 24.3 Å². The van der Waals surface area contributed by atoms with Gasteiger partial charge in [0, 0.05) is 5.02 Å². The molecule has 0 bridgehead atoms. The number of hydrogen-bond acceptors (Lipinski definition) is 3. The molecule has 1 aliphatic heterocycles. The van der Waals surface area contributed by atoms with Gasteiger partial charge in [-0.25, -0.2) is 14.1 Å². The minimum Gasteiger partial charge on any atom is -0.273 e. The van der Waals surface area contributed by atoms with E-state index in [4.69, 9.17) is 11.6 Å². The molecule has 1 N–H and O–H groups in total. The quantitative estimate of drug-likeness (QED) is 0.476. The first-order chi connectivity index (χ1) is 14.9. The second-order valence-corrected chi connectivity index (χ2v) is 7.42. The average molecular weight is 435 g/mol. The van der Waals surface area contributed by atoms with Gasteiger partial charge in [0.05, 0.1) is 5.69 Å². The highest BCUT2D eigenvalue weighted by Gasteiger charge is 2.36. The van der Waals surface area contributed by atoms with Crippen molar-refractivity contribution in [1.29, 1.82) is 0 Å². The Bertz CT molecular complexity index is 1220. The Balaban J connectivity index is 1.58. The molecular formula is C24H16ClFN2O3. The molecule has 154 valence electrons. The van der Waals surface area contributed by atoms with Crippen molar-refractivity contribution in [3.8, 4) is 0 Å². The summed E-state index contributed by atoms with van der Waals surface area (Å²) in [5.41, 5.74) is 2.49. The third-order valence-electron chi connectivity index (χ3n) is 4.76. The largest absolute Gasteiger partial charge is 0.335 e. The van der Waals surface area contributed by atoms with E-state index < -0.39 is 17.8 Å². The Hall–Kier alpha value is -3.77. The molecule has 0 unspecified atom stereocenters. The van der Waals surface area contributed by atoms with Crippen LogP contribution in [-0.4, -0.2) is 17.8 Å². The Morgan fingerprint density at radius 3 is 2.35 bits per heavy atom. The molecule has 0 saturated carbocycles. The van der Waals surface area contributed by atoms with Gasteiger partial charge in [-0.2, -0.15) is 0 Å². The Morgan fingerprint density at radius 1 is 0.903 bits per heavy atom. The van der Waals surface area contributed by atoms with Gasteiger partial charge in [-0.05, 0) is 59.5 Å². The van der Waals surface area contributed by atoms with Crippen LogP contribution in [0.3, 0.4) is 0 Å². The fraction of sp³-hybridized carbons (Fsp3) is 0.0417. The summed E-state index contributed by atoms with van der Waals surface area (Å²) < 4.78 is 13.4. The molecule has 1 fully saturated rings. The van der Waals surface area contributed by atoms with Crippen LogP contribution in [0.15, 0.2) is 78.4 Å². The maximum Gasteiger partial charge on any atom is 0.335 e. The van der Waals surface area contributed by atoms with Crippen LogP contribution in [0.1, 0.15) is 16.7 Å². The molecule has 0 aliphatic carbocycles. The number of benzene rings is 3. The monoisotopic (exact) mass is 434 g/mol. The van der Waals surface area contributed by atoms with Crippen LogP contribution in [0.25, 0.3) is 6.08 Å². The van der Waals surface area contributed by atoms with Gasteiger partial charge < -0.3 is 0 Å². The molecule has 0 aromatic heterocycles. The summed E-state index contributed by atoms with van der Waals surface area (Å²) in [5.74, 6) is -1.79. The average Bonchev–Trinajstić information content (AvgIpc) is 2.72. The lowest BCUT2D eigenvalue weighted by atomic mass is 10.0. The second kappa shape index (κ2) is 8.53. The standard InChI is InChI=1S/C24H16ClFN2O3/c25-18-4-2-6-20(14-18)28-23(30)21(22(29)27-24(28)31)13-16-9-7-15(8-10-16)11-17-3-1-5-19(26)12-17/h1-10,12-14H,11H2,(H,27,29,31)/b21-13+. The number of urea groups is 1. The van der Waals surface area contributed by atoms with E-state index in [0.717, 1.165) is 16.0 Å². The van der Waals surface area contributed by atoms with Crippen molar-refractivity contribution in [2.24, 2.45) is 0 Å². The topological polar surface area (TPSA) is 66.5 Å². The number of nitrogens with zero attached hydrogens (tertiary/aromatic N) is 1. The minimum atomic E-state index is -0.833. The van der Waals surface area contributed by atoms with Crippen molar-refractivity contribution in [3.05, 3.63) is 106 Å². The molecule has 3 aromatic carbocycles. The zero-order valence-corrected chi connectivity index (χ0v) is 16.9. The summed E-state index contributed by atoms with van der Waals surface area (Å²) in [6.45, 7) is 0. The zero-order chi connectivity index (χ0) is 22.0. The molecule has 3 aromatic rings. The van der Waals surface area contributed by atoms with E-state index in [9.17, 15) is 18.8 Å². The summed E-state index contributed by atoms with van der Waals surface area (Å²) in [5, 5.41) is 2.53. The summed E-state index contributed by atoms with van der Waals surface area (Å²) in [7, 11) is 0. The fourth-order valence-electron chi connectivity index (χ4n) is 3.29. The van der Waals surface area contributed by atoms with E-state index in [0.29, 0.717) is 17.0 Å². The summed E-state index contributed by atoms with van der Waals surface area (Å²) in [4.78, 5) is 38.3. The molecule has 1 aliphatic rings. The normalized spacial score (nSPS) is 15.4. The van der Waals surface area contributed by atoms with E-state index in [2.05, 4.69) is 5.32 Å². The molecule has 7 heteroatoms. The molecular weight excluding hydrogens is 419 g/mol. The first kappa shape index (κ1) is 20.5. The van der Waals surface area contributed by atoms with Crippen molar-refractivity contribution in [2.75, 3.05) is 4.90 Å². The number of rotatable bonds is 4. The minimum absolute atomic E-state index is 0.169. The number of hydrogen-bond donors (Lipinski definition) is 1. The van der Waals surface area contributed by atoms with Gasteiger partial charge in [-0.15, -0.1) is 0 Å². The Kier molecular flexibility index (Phi) is 5.64. The van der Waals surface area contributed by atoms with Crippen LogP contribution in [0.5, 0.6) is 0 Å². The van der Waals surface area contributed by atoms with E-state index in [1.54, 1.807) is 36.4 Å². The first-order valence-electron chi connectivity index (χ1n) is 9.41. The van der Waals surface area contributed by atoms with Gasteiger partial charge in [-0.1, -0.05) is 54.1 Å². The molecule has 0 atom stereocenters. The molecule has 0 radical (unpaired) electrons. The second-order valence-electron chi connectivity index (χ2n) is 6.99. The highest BCUT2D eigenvalue weighted by molar-refractivity contribution is 6.39. The highest BCUT2D eigenvalue weighted by Crippen LogP contribution is 2.24. The SMILES string of the molecule is O=C1NC(=O)N(c2cccc(Cl)c2)C(=O)/C1=C/c1ccc(Cc2cccc(F)c2)cc1. The zero-order valence-electron chi connectivity index (χ0n) is 16.1. The van der Waals surface area contributed by atoms with Crippen LogP contribution in [0.4, 0.5) is 14.9 Å². The predicted molar refractivity (Wildman–Crippen MR) is 116 cm³/mol. The van der Waals surface area contributed by atoms with Crippen molar-refractivity contribution >= 4 is 41.2 Å². The molecule has 31 heavy (non-hydrogen) atoms. The van der Waals surface area contributed by atoms with Gasteiger partial charge >= 0.3 is 6.03 Å². The molecule has 4 rings (SSSR count). The fourth-order valence-corrected chi connectivity index (χ4v) is 3.47. The molecule has 1 heterocycles. The molecule has 0 spiro atoms. The van der Waals surface area contributed by atoms with Gasteiger partial charge in [0.25, 0.3) is 11.8 Å². The van der Waals surface area contributed by atoms with Crippen LogP contribution in [0.2, 0.25) is 5.02 Å². The maximum atomic E-state index is 13.4. The van der Waals surface area contributed by atoms with Crippen LogP contribution in [0, 0.1) is 5.82 Å². The van der Waals surface area contributed by atoms with Gasteiger partial charge in [0.2, 0.25) is 0 Å². The number of imide groups is 2. The number of amides is 4. The van der Waals surface area contributed by atoms with Crippen molar-refractivity contribution in [1.82, 2.24) is 5.32 Å². The number of nitrogens with one attached hydrogen (secondary N) is 1. The van der Waals surface area contributed by atoms with Crippen LogP contribution >= 0.6 is 11.6 Å². The van der Waals surface area contributed by atoms with Gasteiger partial charge in [0.15, 0.2) is 0 Å². The molecule has 4 amide bonds. The van der Waals surface area contributed by atoms with E-state index >= 15 is 0 Å². The lowest BCUT2D eigenvalue weighted by Crippen LogP contribution is -2.54. The summed E-state index contributed by atoms with van der Waals surface area (Å²) in [6, 6.07) is 18.9. The van der Waals surface area contributed by atoms with Crippen molar-refractivity contribution < 1.29 is 18.8 Å².